The van der Waals surface area contributed by atoms with Crippen molar-refractivity contribution in [2.45, 2.75) is 32.7 Å². The average molecular weight is 350 g/mol. The lowest BCUT2D eigenvalue weighted by atomic mass is 9.98. The maximum atomic E-state index is 13.2. The van der Waals surface area contributed by atoms with Crippen LogP contribution in [0.5, 0.6) is 0 Å². The first-order valence-electron chi connectivity index (χ1n) is 7.34. The van der Waals surface area contributed by atoms with Crippen molar-refractivity contribution >= 4 is 15.9 Å². The lowest BCUT2D eigenvalue weighted by molar-refractivity contribution is 0.527. The van der Waals surface area contributed by atoms with Crippen molar-refractivity contribution in [1.82, 2.24) is 5.32 Å². The molecular formula is C18H21BrFN. The van der Waals surface area contributed by atoms with E-state index in [9.17, 15) is 4.39 Å². The fraction of sp³-hybridized carbons (Fsp3) is 0.333. The van der Waals surface area contributed by atoms with Crippen molar-refractivity contribution in [2.75, 3.05) is 6.54 Å². The SMILES string of the molecule is CCCNC(Cc1ccc(F)cc1Br)c1ccc(C)cc1. The van der Waals surface area contributed by atoms with Gasteiger partial charge in [-0.1, -0.05) is 58.7 Å². The molecule has 2 rings (SSSR count). The van der Waals surface area contributed by atoms with Gasteiger partial charge in [-0.05, 0) is 49.6 Å². The Kier molecular flexibility index (Phi) is 5.95. The smallest absolute Gasteiger partial charge is 0.124 e. The fourth-order valence-electron chi connectivity index (χ4n) is 2.33. The predicted molar refractivity (Wildman–Crippen MR) is 90.0 cm³/mol. The third-order valence-corrected chi connectivity index (χ3v) is 4.30. The molecule has 0 spiro atoms. The third kappa shape index (κ3) is 4.65. The van der Waals surface area contributed by atoms with E-state index in [1.54, 1.807) is 0 Å². The summed E-state index contributed by atoms with van der Waals surface area (Å²) in [5.41, 5.74) is 3.65. The zero-order valence-corrected chi connectivity index (χ0v) is 14.1. The minimum atomic E-state index is -0.209. The highest BCUT2D eigenvalue weighted by Gasteiger charge is 2.13. The molecule has 0 aliphatic rings. The van der Waals surface area contributed by atoms with E-state index in [4.69, 9.17) is 0 Å². The molecule has 112 valence electrons. The summed E-state index contributed by atoms with van der Waals surface area (Å²) in [6, 6.07) is 13.8. The van der Waals surface area contributed by atoms with Crippen LogP contribution in [-0.4, -0.2) is 6.54 Å². The Morgan fingerprint density at radius 1 is 1.14 bits per heavy atom. The Morgan fingerprint density at radius 2 is 1.86 bits per heavy atom. The first kappa shape index (κ1) is 16.2. The summed E-state index contributed by atoms with van der Waals surface area (Å²) in [4.78, 5) is 0. The predicted octanol–water partition coefficient (Wildman–Crippen LogP) is 5.18. The van der Waals surface area contributed by atoms with Crippen molar-refractivity contribution in [1.29, 1.82) is 0 Å². The lowest BCUT2D eigenvalue weighted by Gasteiger charge is -2.20. The second-order valence-corrected chi connectivity index (χ2v) is 6.21. The second-order valence-electron chi connectivity index (χ2n) is 5.36. The van der Waals surface area contributed by atoms with Gasteiger partial charge in [0.25, 0.3) is 0 Å². The fourth-order valence-corrected chi connectivity index (χ4v) is 2.85. The maximum Gasteiger partial charge on any atom is 0.124 e. The molecule has 1 nitrogen and oxygen atoms in total. The molecule has 0 aliphatic heterocycles. The van der Waals surface area contributed by atoms with Gasteiger partial charge >= 0.3 is 0 Å². The molecule has 1 N–H and O–H groups in total. The molecule has 1 unspecified atom stereocenters. The standard InChI is InChI=1S/C18H21BrFN/c1-3-10-21-18(14-6-4-13(2)5-7-14)11-15-8-9-16(20)12-17(15)19/h4-9,12,18,21H,3,10-11H2,1-2H3. The van der Waals surface area contributed by atoms with Gasteiger partial charge < -0.3 is 5.32 Å². The summed E-state index contributed by atoms with van der Waals surface area (Å²) in [6.45, 7) is 5.22. The first-order valence-corrected chi connectivity index (χ1v) is 8.13. The number of hydrogen-bond acceptors (Lipinski definition) is 1. The Labute approximate surface area is 134 Å². The molecule has 0 amide bonds. The molecule has 0 aliphatic carbocycles. The highest BCUT2D eigenvalue weighted by atomic mass is 79.9. The number of nitrogens with one attached hydrogen (secondary N) is 1. The maximum absolute atomic E-state index is 13.2. The number of benzene rings is 2. The Bertz CT molecular complexity index is 580. The van der Waals surface area contributed by atoms with Crippen molar-refractivity contribution in [2.24, 2.45) is 0 Å². The zero-order chi connectivity index (χ0) is 15.2. The monoisotopic (exact) mass is 349 g/mol. The van der Waals surface area contributed by atoms with E-state index in [1.165, 1.54) is 23.3 Å². The molecule has 0 heterocycles. The van der Waals surface area contributed by atoms with Crippen LogP contribution in [0.2, 0.25) is 0 Å². The number of halogens is 2. The Morgan fingerprint density at radius 3 is 2.48 bits per heavy atom. The van der Waals surface area contributed by atoms with Crippen molar-refractivity contribution in [3.05, 3.63) is 69.4 Å². The van der Waals surface area contributed by atoms with Gasteiger partial charge in [0.1, 0.15) is 5.82 Å². The second kappa shape index (κ2) is 7.71. The van der Waals surface area contributed by atoms with Gasteiger partial charge in [-0.3, -0.25) is 0 Å². The molecule has 1 atom stereocenters. The summed E-state index contributed by atoms with van der Waals surface area (Å²) in [5, 5.41) is 3.58. The van der Waals surface area contributed by atoms with E-state index in [0.29, 0.717) is 0 Å². The van der Waals surface area contributed by atoms with Gasteiger partial charge in [-0.15, -0.1) is 0 Å². The molecular weight excluding hydrogens is 329 g/mol. The van der Waals surface area contributed by atoms with Crippen LogP contribution in [0, 0.1) is 12.7 Å². The molecule has 21 heavy (non-hydrogen) atoms. The van der Waals surface area contributed by atoms with Crippen LogP contribution in [0.3, 0.4) is 0 Å². The molecule has 0 radical (unpaired) electrons. The number of aryl methyl sites for hydroxylation is 1. The van der Waals surface area contributed by atoms with Crippen LogP contribution in [0.1, 0.15) is 36.1 Å². The van der Waals surface area contributed by atoms with Crippen LogP contribution >= 0.6 is 15.9 Å². The Hall–Kier alpha value is -1.19. The van der Waals surface area contributed by atoms with Crippen LogP contribution in [0.4, 0.5) is 4.39 Å². The third-order valence-electron chi connectivity index (χ3n) is 3.56. The molecule has 3 heteroatoms. The molecule has 2 aromatic rings. The van der Waals surface area contributed by atoms with E-state index >= 15 is 0 Å². The van der Waals surface area contributed by atoms with Gasteiger partial charge in [-0.2, -0.15) is 0 Å². The quantitative estimate of drug-likeness (QED) is 0.757. The molecule has 2 aromatic carbocycles. The molecule has 0 saturated carbocycles. The lowest BCUT2D eigenvalue weighted by Crippen LogP contribution is -2.24. The van der Waals surface area contributed by atoms with Crippen LogP contribution in [-0.2, 0) is 6.42 Å². The van der Waals surface area contributed by atoms with E-state index in [0.717, 1.165) is 29.4 Å². The largest absolute Gasteiger partial charge is 0.310 e. The van der Waals surface area contributed by atoms with Gasteiger partial charge in [-0.25, -0.2) is 4.39 Å². The van der Waals surface area contributed by atoms with Crippen molar-refractivity contribution in [3.63, 3.8) is 0 Å². The van der Waals surface area contributed by atoms with Crippen molar-refractivity contribution in [3.8, 4) is 0 Å². The first-order chi connectivity index (χ1) is 10.1. The molecule has 0 fully saturated rings. The summed E-state index contributed by atoms with van der Waals surface area (Å²) < 4.78 is 14.0. The molecule has 0 saturated heterocycles. The summed E-state index contributed by atoms with van der Waals surface area (Å²) in [5.74, 6) is -0.209. The average Bonchev–Trinajstić information content (AvgIpc) is 2.46. The molecule has 0 aromatic heterocycles. The molecule has 0 bridgehead atoms. The highest BCUT2D eigenvalue weighted by Crippen LogP contribution is 2.25. The van der Waals surface area contributed by atoms with Gasteiger partial charge in [0.15, 0.2) is 0 Å². The topological polar surface area (TPSA) is 12.0 Å². The van der Waals surface area contributed by atoms with Crippen LogP contribution < -0.4 is 5.32 Å². The number of hydrogen-bond donors (Lipinski definition) is 1. The van der Waals surface area contributed by atoms with E-state index in [1.807, 2.05) is 6.07 Å². The minimum absolute atomic E-state index is 0.209. The van der Waals surface area contributed by atoms with Crippen LogP contribution in [0.15, 0.2) is 46.9 Å². The van der Waals surface area contributed by atoms with Crippen molar-refractivity contribution < 1.29 is 4.39 Å². The van der Waals surface area contributed by atoms with Crippen LogP contribution in [0.25, 0.3) is 0 Å². The summed E-state index contributed by atoms with van der Waals surface area (Å²) >= 11 is 3.46. The van der Waals surface area contributed by atoms with E-state index < -0.39 is 0 Å². The van der Waals surface area contributed by atoms with E-state index in [2.05, 4.69) is 59.4 Å². The minimum Gasteiger partial charge on any atom is -0.310 e. The number of rotatable bonds is 6. The Balaban J connectivity index is 2.21. The summed E-state index contributed by atoms with van der Waals surface area (Å²) in [7, 11) is 0. The highest BCUT2D eigenvalue weighted by molar-refractivity contribution is 9.10. The normalized spacial score (nSPS) is 12.4. The summed E-state index contributed by atoms with van der Waals surface area (Å²) in [6.07, 6.45) is 1.93. The van der Waals surface area contributed by atoms with Gasteiger partial charge in [0, 0.05) is 10.5 Å². The van der Waals surface area contributed by atoms with Gasteiger partial charge in [0.2, 0.25) is 0 Å². The van der Waals surface area contributed by atoms with Gasteiger partial charge in [0.05, 0.1) is 0 Å². The zero-order valence-electron chi connectivity index (χ0n) is 12.5. The van der Waals surface area contributed by atoms with E-state index in [-0.39, 0.29) is 11.9 Å².